The monoisotopic (exact) mass is 397 g/mol. The Kier molecular flexibility index (Phi) is 5.32. The van der Waals surface area contributed by atoms with Crippen LogP contribution in [0.3, 0.4) is 0 Å². The molecule has 0 aliphatic rings. The summed E-state index contributed by atoms with van der Waals surface area (Å²) in [6, 6.07) is 10.5. The Hall–Kier alpha value is -3.79. The number of non-ortho nitro benzene ring substituents is 1. The van der Waals surface area contributed by atoms with Crippen LogP contribution >= 0.6 is 11.3 Å². The van der Waals surface area contributed by atoms with Crippen molar-refractivity contribution in [3.63, 3.8) is 0 Å². The van der Waals surface area contributed by atoms with Gasteiger partial charge in [-0.3, -0.25) is 19.9 Å². The molecule has 0 spiro atoms. The summed E-state index contributed by atoms with van der Waals surface area (Å²) in [5.41, 5.74) is 7.03. The summed E-state index contributed by atoms with van der Waals surface area (Å²) in [6.07, 6.45) is 1.48. The maximum Gasteiger partial charge on any atom is 0.270 e. The van der Waals surface area contributed by atoms with Gasteiger partial charge in [0, 0.05) is 35.7 Å². The third-order valence-corrected chi connectivity index (χ3v) is 4.75. The van der Waals surface area contributed by atoms with E-state index in [0.717, 1.165) is 0 Å². The standard InChI is InChI=1S/C18H15N5O4S/c1-20-18-22(21-9-11-3-2-4-13(7-11)23(26)27)15(10-28-18)12-5-6-16(24)14(8-12)17(19)25/h2-10,24H,1H3,(H2,19,25)/b20-18?,21-9-. The second-order valence-corrected chi connectivity index (χ2v) is 6.47. The van der Waals surface area contributed by atoms with Gasteiger partial charge in [0.05, 0.1) is 22.4 Å². The highest BCUT2D eigenvalue weighted by atomic mass is 32.1. The number of carbonyl (C=O) groups excluding carboxylic acids is 1. The van der Waals surface area contributed by atoms with E-state index in [9.17, 15) is 20.0 Å². The first-order chi connectivity index (χ1) is 13.4. The zero-order chi connectivity index (χ0) is 20.3. The molecule has 1 heterocycles. The van der Waals surface area contributed by atoms with Gasteiger partial charge in [0.25, 0.3) is 11.6 Å². The number of aromatic nitrogens is 1. The van der Waals surface area contributed by atoms with Gasteiger partial charge >= 0.3 is 0 Å². The normalized spacial score (nSPS) is 11.8. The van der Waals surface area contributed by atoms with Gasteiger partial charge in [-0.25, -0.2) is 4.68 Å². The molecular weight excluding hydrogens is 382 g/mol. The number of phenols is 1. The number of aromatic hydroxyl groups is 1. The van der Waals surface area contributed by atoms with Crippen molar-refractivity contribution in [1.29, 1.82) is 0 Å². The van der Waals surface area contributed by atoms with E-state index in [2.05, 4.69) is 10.1 Å². The van der Waals surface area contributed by atoms with Crippen molar-refractivity contribution in [2.45, 2.75) is 0 Å². The van der Waals surface area contributed by atoms with Crippen LogP contribution in [0.5, 0.6) is 5.75 Å². The number of nitro benzene ring substituents is 1. The minimum absolute atomic E-state index is 0.00657. The highest BCUT2D eigenvalue weighted by Crippen LogP contribution is 2.26. The number of carbonyl (C=O) groups is 1. The molecule has 10 heteroatoms. The molecule has 0 radical (unpaired) electrons. The second-order valence-electron chi connectivity index (χ2n) is 5.63. The van der Waals surface area contributed by atoms with Crippen molar-refractivity contribution < 1.29 is 14.8 Å². The molecule has 0 saturated carbocycles. The fourth-order valence-electron chi connectivity index (χ4n) is 2.50. The van der Waals surface area contributed by atoms with Gasteiger partial charge in [-0.2, -0.15) is 5.10 Å². The summed E-state index contributed by atoms with van der Waals surface area (Å²) >= 11 is 1.33. The lowest BCUT2D eigenvalue weighted by Crippen LogP contribution is -2.13. The van der Waals surface area contributed by atoms with Gasteiger partial charge in [-0.05, 0) is 18.2 Å². The number of nitrogens with two attached hydrogens (primary N) is 1. The smallest absolute Gasteiger partial charge is 0.270 e. The minimum Gasteiger partial charge on any atom is -0.507 e. The molecule has 9 nitrogen and oxygen atoms in total. The Balaban J connectivity index is 2.07. The van der Waals surface area contributed by atoms with Gasteiger partial charge < -0.3 is 10.8 Å². The Bertz CT molecular complexity index is 1160. The molecule has 0 fully saturated rings. The van der Waals surface area contributed by atoms with E-state index in [4.69, 9.17) is 5.73 Å². The van der Waals surface area contributed by atoms with Crippen LogP contribution in [0.15, 0.2) is 57.9 Å². The van der Waals surface area contributed by atoms with Crippen molar-refractivity contribution in [2.75, 3.05) is 7.05 Å². The summed E-state index contributed by atoms with van der Waals surface area (Å²) in [6.45, 7) is 0. The number of thiazole rings is 1. The van der Waals surface area contributed by atoms with E-state index in [1.807, 2.05) is 0 Å². The van der Waals surface area contributed by atoms with Crippen molar-refractivity contribution in [3.8, 4) is 17.0 Å². The molecule has 1 amide bonds. The van der Waals surface area contributed by atoms with E-state index < -0.39 is 10.8 Å². The molecule has 1 aromatic heterocycles. The maximum absolute atomic E-state index is 11.5. The third-order valence-electron chi connectivity index (χ3n) is 3.84. The topological polar surface area (TPSA) is 136 Å². The van der Waals surface area contributed by atoms with Gasteiger partial charge in [-0.15, -0.1) is 11.3 Å². The number of primary amides is 1. The molecule has 3 N–H and O–H groups in total. The molecule has 0 aliphatic heterocycles. The lowest BCUT2D eigenvalue weighted by molar-refractivity contribution is -0.384. The van der Waals surface area contributed by atoms with E-state index in [1.54, 1.807) is 35.3 Å². The van der Waals surface area contributed by atoms with Gasteiger partial charge in [0.1, 0.15) is 5.75 Å². The number of hydrogen-bond acceptors (Lipinski definition) is 7. The van der Waals surface area contributed by atoms with Crippen LogP contribution < -0.4 is 10.5 Å². The summed E-state index contributed by atoms with van der Waals surface area (Å²) < 4.78 is 1.54. The Morgan fingerprint density at radius 3 is 2.79 bits per heavy atom. The quantitative estimate of drug-likeness (QED) is 0.388. The van der Waals surface area contributed by atoms with E-state index in [1.165, 1.54) is 41.8 Å². The average Bonchev–Trinajstić information content (AvgIpc) is 3.09. The molecule has 0 atom stereocenters. The fraction of sp³-hybridized carbons (Fsp3) is 0.0556. The van der Waals surface area contributed by atoms with E-state index in [-0.39, 0.29) is 17.0 Å². The molecule has 3 rings (SSSR count). The summed E-state index contributed by atoms with van der Waals surface area (Å²) in [5.74, 6) is -0.958. The van der Waals surface area contributed by atoms with E-state index in [0.29, 0.717) is 21.6 Å². The van der Waals surface area contributed by atoms with Crippen molar-refractivity contribution in [1.82, 2.24) is 4.68 Å². The molecule has 0 unspecified atom stereocenters. The third kappa shape index (κ3) is 3.81. The zero-order valence-electron chi connectivity index (χ0n) is 14.6. The molecule has 0 aliphatic carbocycles. The number of nitro groups is 1. The number of rotatable bonds is 5. The van der Waals surface area contributed by atoms with Gasteiger partial charge in [0.15, 0.2) is 0 Å². The SMILES string of the molecule is CN=c1scc(-c2ccc(O)c(C(N)=O)c2)n1/N=C\c1cccc([N+](=O)[O-])c1. The molecular formula is C18H15N5O4S. The zero-order valence-corrected chi connectivity index (χ0v) is 15.5. The predicted octanol–water partition coefficient (Wildman–Crippen LogP) is 2.34. The highest BCUT2D eigenvalue weighted by molar-refractivity contribution is 7.07. The van der Waals surface area contributed by atoms with E-state index >= 15 is 0 Å². The highest BCUT2D eigenvalue weighted by Gasteiger charge is 2.13. The van der Waals surface area contributed by atoms with Crippen LogP contribution in [0, 0.1) is 10.1 Å². The largest absolute Gasteiger partial charge is 0.507 e. The number of benzene rings is 2. The molecule has 28 heavy (non-hydrogen) atoms. The van der Waals surface area contributed by atoms with Crippen molar-refractivity contribution in [2.24, 2.45) is 15.8 Å². The first-order valence-corrected chi connectivity index (χ1v) is 8.84. The van der Waals surface area contributed by atoms with Crippen LogP contribution in [0.25, 0.3) is 11.3 Å². The van der Waals surface area contributed by atoms with Crippen molar-refractivity contribution >= 4 is 29.1 Å². The summed E-state index contributed by atoms with van der Waals surface area (Å²) in [7, 11) is 1.61. The van der Waals surface area contributed by atoms with Crippen LogP contribution in [-0.4, -0.2) is 33.9 Å². The van der Waals surface area contributed by atoms with Crippen LogP contribution in [0.4, 0.5) is 5.69 Å². The number of nitrogens with zero attached hydrogens (tertiary/aromatic N) is 4. The maximum atomic E-state index is 11.5. The van der Waals surface area contributed by atoms with Crippen LogP contribution in [0.1, 0.15) is 15.9 Å². The molecule has 0 saturated heterocycles. The summed E-state index contributed by atoms with van der Waals surface area (Å²) in [5, 5.41) is 26.9. The lowest BCUT2D eigenvalue weighted by Gasteiger charge is -2.06. The predicted molar refractivity (Wildman–Crippen MR) is 106 cm³/mol. The number of amides is 1. The van der Waals surface area contributed by atoms with Crippen molar-refractivity contribution in [3.05, 3.63) is 73.9 Å². The minimum atomic E-state index is -0.748. The van der Waals surface area contributed by atoms with Crippen LogP contribution in [0.2, 0.25) is 0 Å². The van der Waals surface area contributed by atoms with Crippen LogP contribution in [-0.2, 0) is 0 Å². The lowest BCUT2D eigenvalue weighted by atomic mass is 10.1. The van der Waals surface area contributed by atoms with Gasteiger partial charge in [0.2, 0.25) is 4.80 Å². The second kappa shape index (κ2) is 7.84. The first kappa shape index (κ1) is 19.0. The molecule has 3 aromatic rings. The Labute approximate surface area is 162 Å². The molecule has 142 valence electrons. The van der Waals surface area contributed by atoms with Gasteiger partial charge in [-0.1, -0.05) is 12.1 Å². The molecule has 2 aromatic carbocycles. The number of hydrogen-bond donors (Lipinski definition) is 2. The Morgan fingerprint density at radius 2 is 2.11 bits per heavy atom. The fourth-order valence-corrected chi connectivity index (χ4v) is 3.30. The average molecular weight is 397 g/mol. The first-order valence-electron chi connectivity index (χ1n) is 7.96. The Morgan fingerprint density at radius 1 is 1.32 bits per heavy atom. The summed E-state index contributed by atoms with van der Waals surface area (Å²) in [4.78, 5) is 26.7. The molecule has 0 bridgehead atoms.